The summed E-state index contributed by atoms with van der Waals surface area (Å²) in [7, 11) is 5.19. The minimum atomic E-state index is 0. The molecule has 100 valence electrons. The third kappa shape index (κ3) is 5.10. The van der Waals surface area contributed by atoms with Crippen molar-refractivity contribution in [3.63, 3.8) is 0 Å². The zero-order valence-electron chi connectivity index (χ0n) is 11.2. The number of hydrogen-bond donors (Lipinski definition) is 2. The van der Waals surface area contributed by atoms with Crippen molar-refractivity contribution < 1.29 is 4.79 Å². The maximum atomic E-state index is 11.4. The molecule has 0 radical (unpaired) electrons. The van der Waals surface area contributed by atoms with Crippen molar-refractivity contribution in [3.8, 4) is 0 Å². The molecule has 1 rings (SSSR count). The van der Waals surface area contributed by atoms with E-state index < -0.39 is 0 Å². The first kappa shape index (κ1) is 16.5. The van der Waals surface area contributed by atoms with Crippen molar-refractivity contribution in [2.45, 2.75) is 26.3 Å². The zero-order valence-corrected chi connectivity index (χ0v) is 13.5. The summed E-state index contributed by atoms with van der Waals surface area (Å²) < 4.78 is 0. The second-order valence-corrected chi connectivity index (χ2v) is 5.10. The Kier molecular flexibility index (Phi) is 6.22. The summed E-state index contributed by atoms with van der Waals surface area (Å²) in [4.78, 5) is 17.0. The Morgan fingerprint density at radius 2 is 2.00 bits per heavy atom. The Balaban J connectivity index is 0.00000256. The van der Waals surface area contributed by atoms with Crippen molar-refractivity contribution in [2.75, 3.05) is 27.7 Å². The summed E-state index contributed by atoms with van der Waals surface area (Å²) in [5.74, 6) is 0.740. The van der Waals surface area contributed by atoms with E-state index in [-0.39, 0.29) is 36.4 Å². The number of nitrogens with zero attached hydrogens (tertiary/aromatic N) is 2. The number of carbonyl (C=O) groups is 1. The number of carbonyl (C=O) groups excluding carboxylic acids is 1. The maximum absolute atomic E-state index is 11.4. The Hall–Kier alpha value is -0.530. The Bertz CT molecular complexity index is 302. The standard InChI is InChI=1S/C11H22N4O.HI/c1-11(2)6-8(11)14-10(12-3)13-7-9(16)15(4)5;/h8H,6-7H2,1-5H3,(H2,12,13,14);1H. The molecule has 17 heavy (non-hydrogen) atoms. The molecule has 0 saturated heterocycles. The van der Waals surface area contributed by atoms with Gasteiger partial charge in [-0.05, 0) is 11.8 Å². The first-order valence-corrected chi connectivity index (χ1v) is 5.54. The Labute approximate surface area is 120 Å². The lowest BCUT2D eigenvalue weighted by atomic mass is 10.2. The predicted octanol–water partition coefficient (Wildman–Crippen LogP) is 0.656. The molecular weight excluding hydrogens is 331 g/mol. The van der Waals surface area contributed by atoms with Crippen LogP contribution in [0, 0.1) is 5.41 Å². The van der Waals surface area contributed by atoms with Crippen LogP contribution in [0.4, 0.5) is 0 Å². The molecule has 0 aliphatic heterocycles. The van der Waals surface area contributed by atoms with E-state index in [1.807, 2.05) is 0 Å². The number of likely N-dealkylation sites (N-methyl/N-ethyl adjacent to an activating group) is 1. The van der Waals surface area contributed by atoms with Crippen LogP contribution in [-0.4, -0.2) is 50.5 Å². The molecule has 6 heteroatoms. The van der Waals surface area contributed by atoms with Crippen LogP contribution in [0.5, 0.6) is 0 Å². The van der Waals surface area contributed by atoms with E-state index in [4.69, 9.17) is 0 Å². The number of aliphatic imine (C=N–C) groups is 1. The van der Waals surface area contributed by atoms with Gasteiger partial charge in [0, 0.05) is 27.2 Å². The number of nitrogens with one attached hydrogen (secondary N) is 2. The van der Waals surface area contributed by atoms with Gasteiger partial charge in [-0.15, -0.1) is 24.0 Å². The lowest BCUT2D eigenvalue weighted by Gasteiger charge is -2.15. The van der Waals surface area contributed by atoms with Gasteiger partial charge in [0.15, 0.2) is 5.96 Å². The molecule has 5 nitrogen and oxygen atoms in total. The fourth-order valence-electron chi connectivity index (χ4n) is 1.39. The molecule has 1 aliphatic rings. The average molecular weight is 354 g/mol. The molecule has 1 fully saturated rings. The fourth-order valence-corrected chi connectivity index (χ4v) is 1.39. The number of guanidine groups is 1. The van der Waals surface area contributed by atoms with Crippen LogP contribution in [-0.2, 0) is 4.79 Å². The molecule has 0 aromatic carbocycles. The highest BCUT2D eigenvalue weighted by atomic mass is 127. The molecule has 1 atom stereocenters. The molecule has 1 saturated carbocycles. The molecule has 0 bridgehead atoms. The minimum absolute atomic E-state index is 0. The van der Waals surface area contributed by atoms with Gasteiger partial charge in [0.05, 0.1) is 6.54 Å². The van der Waals surface area contributed by atoms with Crippen LogP contribution >= 0.6 is 24.0 Å². The summed E-state index contributed by atoms with van der Waals surface area (Å²) in [6, 6.07) is 0.466. The number of rotatable bonds is 3. The summed E-state index contributed by atoms with van der Waals surface area (Å²) in [6.45, 7) is 4.70. The van der Waals surface area contributed by atoms with Crippen LogP contribution in [0.1, 0.15) is 20.3 Å². The van der Waals surface area contributed by atoms with E-state index in [1.54, 1.807) is 26.0 Å². The molecular formula is C11H23IN4O. The van der Waals surface area contributed by atoms with Gasteiger partial charge in [0.25, 0.3) is 0 Å². The molecule has 1 unspecified atom stereocenters. The Morgan fingerprint density at radius 3 is 2.35 bits per heavy atom. The summed E-state index contributed by atoms with van der Waals surface area (Å²) >= 11 is 0. The first-order chi connectivity index (χ1) is 7.36. The lowest BCUT2D eigenvalue weighted by molar-refractivity contribution is -0.127. The lowest BCUT2D eigenvalue weighted by Crippen LogP contribution is -2.44. The topological polar surface area (TPSA) is 56.7 Å². The van der Waals surface area contributed by atoms with E-state index in [0.29, 0.717) is 17.4 Å². The molecule has 0 spiro atoms. The molecule has 1 amide bonds. The SMILES string of the molecule is CN=C(NCC(=O)N(C)C)NC1CC1(C)C.I. The largest absolute Gasteiger partial charge is 0.353 e. The summed E-state index contributed by atoms with van der Waals surface area (Å²) in [5, 5.41) is 6.30. The van der Waals surface area contributed by atoms with Crippen LogP contribution in [0.15, 0.2) is 4.99 Å². The third-order valence-corrected chi connectivity index (χ3v) is 2.95. The monoisotopic (exact) mass is 354 g/mol. The molecule has 0 heterocycles. The number of amides is 1. The molecule has 2 N–H and O–H groups in total. The quantitative estimate of drug-likeness (QED) is 0.445. The van der Waals surface area contributed by atoms with E-state index >= 15 is 0 Å². The van der Waals surface area contributed by atoms with Gasteiger partial charge in [-0.1, -0.05) is 13.8 Å². The van der Waals surface area contributed by atoms with Crippen LogP contribution in [0.25, 0.3) is 0 Å². The highest BCUT2D eigenvalue weighted by Gasteiger charge is 2.46. The highest BCUT2D eigenvalue weighted by Crippen LogP contribution is 2.44. The van der Waals surface area contributed by atoms with E-state index in [2.05, 4.69) is 29.5 Å². The van der Waals surface area contributed by atoms with Crippen LogP contribution in [0.2, 0.25) is 0 Å². The van der Waals surface area contributed by atoms with Crippen molar-refractivity contribution in [2.24, 2.45) is 10.4 Å². The van der Waals surface area contributed by atoms with Crippen molar-refractivity contribution in [3.05, 3.63) is 0 Å². The third-order valence-electron chi connectivity index (χ3n) is 2.95. The summed E-state index contributed by atoms with van der Waals surface area (Å²) in [6.07, 6.45) is 1.15. The van der Waals surface area contributed by atoms with E-state index in [0.717, 1.165) is 6.42 Å². The minimum Gasteiger partial charge on any atom is -0.353 e. The smallest absolute Gasteiger partial charge is 0.241 e. The van der Waals surface area contributed by atoms with Crippen LogP contribution < -0.4 is 10.6 Å². The maximum Gasteiger partial charge on any atom is 0.241 e. The summed E-state index contributed by atoms with van der Waals surface area (Å²) in [5.41, 5.74) is 0.350. The van der Waals surface area contributed by atoms with E-state index in [1.165, 1.54) is 0 Å². The normalized spacial score (nSPS) is 21.2. The van der Waals surface area contributed by atoms with Crippen molar-refractivity contribution >= 4 is 35.8 Å². The fraction of sp³-hybridized carbons (Fsp3) is 0.818. The molecule has 1 aliphatic carbocycles. The van der Waals surface area contributed by atoms with Gasteiger partial charge in [0.1, 0.15) is 0 Å². The van der Waals surface area contributed by atoms with Gasteiger partial charge < -0.3 is 15.5 Å². The average Bonchev–Trinajstić information content (AvgIpc) is 2.79. The molecule has 0 aromatic heterocycles. The number of halogens is 1. The Morgan fingerprint density at radius 1 is 1.47 bits per heavy atom. The first-order valence-electron chi connectivity index (χ1n) is 5.54. The van der Waals surface area contributed by atoms with Gasteiger partial charge >= 0.3 is 0 Å². The van der Waals surface area contributed by atoms with Gasteiger partial charge in [-0.25, -0.2) is 0 Å². The second-order valence-electron chi connectivity index (χ2n) is 5.10. The van der Waals surface area contributed by atoms with Crippen molar-refractivity contribution in [1.29, 1.82) is 0 Å². The molecule has 0 aromatic rings. The number of hydrogen-bond acceptors (Lipinski definition) is 2. The van der Waals surface area contributed by atoms with Gasteiger partial charge in [0.2, 0.25) is 5.91 Å². The van der Waals surface area contributed by atoms with Gasteiger partial charge in [-0.2, -0.15) is 0 Å². The highest BCUT2D eigenvalue weighted by molar-refractivity contribution is 14.0. The second kappa shape index (κ2) is 6.42. The van der Waals surface area contributed by atoms with E-state index in [9.17, 15) is 4.79 Å². The van der Waals surface area contributed by atoms with Crippen molar-refractivity contribution in [1.82, 2.24) is 15.5 Å². The predicted molar refractivity (Wildman–Crippen MR) is 80.8 cm³/mol. The van der Waals surface area contributed by atoms with Crippen LogP contribution in [0.3, 0.4) is 0 Å². The van der Waals surface area contributed by atoms with Gasteiger partial charge in [-0.3, -0.25) is 9.79 Å². The zero-order chi connectivity index (χ0) is 12.3.